The van der Waals surface area contributed by atoms with Crippen molar-refractivity contribution in [2.24, 2.45) is 0 Å². The van der Waals surface area contributed by atoms with Gasteiger partial charge in [0.1, 0.15) is 18.2 Å². The first kappa shape index (κ1) is 15.0. The number of thiophene rings is 1. The fraction of sp³-hybridized carbons (Fsp3) is 0.312. The summed E-state index contributed by atoms with van der Waals surface area (Å²) in [6.45, 7) is 1.14. The van der Waals surface area contributed by atoms with Gasteiger partial charge in [0, 0.05) is 18.1 Å². The summed E-state index contributed by atoms with van der Waals surface area (Å²) >= 11 is 1.43. The topological polar surface area (TPSA) is 47.6 Å². The third-order valence-electron chi connectivity index (χ3n) is 3.42. The Hall–Kier alpha value is -1.92. The van der Waals surface area contributed by atoms with E-state index in [4.69, 9.17) is 9.47 Å². The quantitative estimate of drug-likeness (QED) is 0.913. The van der Waals surface area contributed by atoms with Gasteiger partial charge in [-0.05, 0) is 36.4 Å². The highest BCUT2D eigenvalue weighted by Crippen LogP contribution is 2.27. The highest BCUT2D eigenvalue weighted by molar-refractivity contribution is 7.08. The summed E-state index contributed by atoms with van der Waals surface area (Å²) in [6.07, 6.45) is 2.04. The molecule has 1 atom stereocenters. The van der Waals surface area contributed by atoms with E-state index in [9.17, 15) is 9.18 Å². The van der Waals surface area contributed by atoms with Gasteiger partial charge < -0.3 is 14.8 Å². The molecule has 0 bridgehead atoms. The largest absolute Gasteiger partial charge is 0.489 e. The molecule has 2 aromatic rings. The molecular weight excluding hydrogens is 305 g/mol. The predicted molar refractivity (Wildman–Crippen MR) is 83.1 cm³/mol. The second-order valence-corrected chi connectivity index (χ2v) is 5.83. The molecule has 6 heteroatoms. The SMILES string of the molecule is O=C(Nc1cc(F)ccc1OCC1CCCO1)c1ccsc1. The van der Waals surface area contributed by atoms with E-state index in [1.165, 1.54) is 29.5 Å². The van der Waals surface area contributed by atoms with Gasteiger partial charge in [-0.15, -0.1) is 0 Å². The Morgan fingerprint density at radius 1 is 1.45 bits per heavy atom. The van der Waals surface area contributed by atoms with Crippen LogP contribution in [0.15, 0.2) is 35.0 Å². The Balaban J connectivity index is 1.71. The van der Waals surface area contributed by atoms with Gasteiger partial charge in [0.15, 0.2) is 0 Å². The van der Waals surface area contributed by atoms with Crippen molar-refractivity contribution in [1.82, 2.24) is 0 Å². The van der Waals surface area contributed by atoms with E-state index in [0.717, 1.165) is 19.4 Å². The van der Waals surface area contributed by atoms with Gasteiger partial charge in [-0.25, -0.2) is 4.39 Å². The number of nitrogens with one attached hydrogen (secondary N) is 1. The molecule has 3 rings (SSSR count). The van der Waals surface area contributed by atoms with Crippen LogP contribution in [0.4, 0.5) is 10.1 Å². The van der Waals surface area contributed by atoms with E-state index in [2.05, 4.69) is 5.32 Å². The molecule has 1 saturated heterocycles. The standard InChI is InChI=1S/C16H16FNO3S/c17-12-3-4-15(21-9-13-2-1-6-20-13)14(8-12)18-16(19)11-5-7-22-10-11/h3-5,7-8,10,13H,1-2,6,9H2,(H,18,19). The minimum absolute atomic E-state index is 0.0606. The van der Waals surface area contributed by atoms with E-state index in [1.54, 1.807) is 11.4 Å². The minimum atomic E-state index is -0.426. The molecule has 1 aliphatic rings. The van der Waals surface area contributed by atoms with Crippen molar-refractivity contribution in [1.29, 1.82) is 0 Å². The highest BCUT2D eigenvalue weighted by Gasteiger charge is 2.18. The summed E-state index contributed by atoms with van der Waals surface area (Å²) in [5.41, 5.74) is 0.869. The molecular formula is C16H16FNO3S. The number of hydrogen-bond acceptors (Lipinski definition) is 4. The maximum atomic E-state index is 13.5. The first-order chi connectivity index (χ1) is 10.7. The fourth-order valence-corrected chi connectivity index (χ4v) is 2.91. The Bertz CT molecular complexity index is 639. The molecule has 1 amide bonds. The average molecular weight is 321 g/mol. The summed E-state index contributed by atoms with van der Waals surface area (Å²) < 4.78 is 24.6. The van der Waals surface area contributed by atoms with Crippen LogP contribution in [0.1, 0.15) is 23.2 Å². The highest BCUT2D eigenvalue weighted by atomic mass is 32.1. The third kappa shape index (κ3) is 3.64. The molecule has 2 heterocycles. The molecule has 1 N–H and O–H groups in total. The van der Waals surface area contributed by atoms with Gasteiger partial charge >= 0.3 is 0 Å². The molecule has 1 aromatic carbocycles. The summed E-state index contributed by atoms with van der Waals surface area (Å²) in [6, 6.07) is 5.81. The monoisotopic (exact) mass is 321 g/mol. The van der Waals surface area contributed by atoms with Crippen molar-refractivity contribution in [2.75, 3.05) is 18.5 Å². The molecule has 0 aliphatic carbocycles. The number of carbonyl (C=O) groups is 1. The van der Waals surface area contributed by atoms with Crippen molar-refractivity contribution < 1.29 is 18.7 Å². The maximum Gasteiger partial charge on any atom is 0.256 e. The van der Waals surface area contributed by atoms with E-state index in [1.807, 2.05) is 5.38 Å². The minimum Gasteiger partial charge on any atom is -0.489 e. The zero-order valence-corrected chi connectivity index (χ0v) is 12.7. The van der Waals surface area contributed by atoms with Crippen LogP contribution in [0, 0.1) is 5.82 Å². The molecule has 22 heavy (non-hydrogen) atoms. The smallest absolute Gasteiger partial charge is 0.256 e. The fourth-order valence-electron chi connectivity index (χ4n) is 2.27. The van der Waals surface area contributed by atoms with E-state index in [-0.39, 0.29) is 12.0 Å². The van der Waals surface area contributed by atoms with Gasteiger partial charge in [-0.3, -0.25) is 4.79 Å². The number of hydrogen-bond donors (Lipinski definition) is 1. The lowest BCUT2D eigenvalue weighted by Crippen LogP contribution is -2.18. The second-order valence-electron chi connectivity index (χ2n) is 5.05. The van der Waals surface area contributed by atoms with E-state index < -0.39 is 5.82 Å². The Labute approximate surface area is 131 Å². The van der Waals surface area contributed by atoms with Crippen molar-refractivity contribution in [2.45, 2.75) is 18.9 Å². The maximum absolute atomic E-state index is 13.5. The molecule has 116 valence electrons. The number of amides is 1. The molecule has 1 fully saturated rings. The predicted octanol–water partition coefficient (Wildman–Crippen LogP) is 3.70. The van der Waals surface area contributed by atoms with Gasteiger partial charge in [0.25, 0.3) is 5.91 Å². The molecule has 0 radical (unpaired) electrons. The number of carbonyl (C=O) groups excluding carboxylic acids is 1. The number of ether oxygens (including phenoxy) is 2. The van der Waals surface area contributed by atoms with Crippen molar-refractivity contribution in [3.63, 3.8) is 0 Å². The molecule has 0 saturated carbocycles. The van der Waals surface area contributed by atoms with E-state index >= 15 is 0 Å². The summed E-state index contributed by atoms with van der Waals surface area (Å²) in [7, 11) is 0. The Morgan fingerprint density at radius 2 is 2.36 bits per heavy atom. The summed E-state index contributed by atoms with van der Waals surface area (Å²) in [5, 5.41) is 6.24. The van der Waals surface area contributed by atoms with Crippen LogP contribution in [-0.4, -0.2) is 25.2 Å². The number of anilines is 1. The van der Waals surface area contributed by atoms with Crippen LogP contribution in [0.2, 0.25) is 0 Å². The van der Waals surface area contributed by atoms with Crippen LogP contribution in [0.5, 0.6) is 5.75 Å². The second kappa shape index (κ2) is 6.89. The van der Waals surface area contributed by atoms with E-state index in [0.29, 0.717) is 23.6 Å². The lowest BCUT2D eigenvalue weighted by Gasteiger charge is -2.15. The first-order valence-corrected chi connectivity index (χ1v) is 8.04. The Kier molecular flexibility index (Phi) is 4.70. The lowest BCUT2D eigenvalue weighted by atomic mass is 10.2. The van der Waals surface area contributed by atoms with Gasteiger partial charge in [-0.1, -0.05) is 0 Å². The van der Waals surface area contributed by atoms with Crippen LogP contribution < -0.4 is 10.1 Å². The number of benzene rings is 1. The zero-order chi connectivity index (χ0) is 15.4. The summed E-state index contributed by atoms with van der Waals surface area (Å²) in [5.74, 6) is -0.264. The first-order valence-electron chi connectivity index (χ1n) is 7.10. The van der Waals surface area contributed by atoms with Crippen LogP contribution in [0.3, 0.4) is 0 Å². The Morgan fingerprint density at radius 3 is 3.09 bits per heavy atom. The zero-order valence-electron chi connectivity index (χ0n) is 11.9. The molecule has 4 nitrogen and oxygen atoms in total. The lowest BCUT2D eigenvalue weighted by molar-refractivity contribution is 0.0681. The van der Waals surface area contributed by atoms with Crippen molar-refractivity contribution in [3.05, 3.63) is 46.4 Å². The normalized spacial score (nSPS) is 17.4. The molecule has 1 unspecified atom stereocenters. The third-order valence-corrected chi connectivity index (χ3v) is 4.11. The number of halogens is 1. The average Bonchev–Trinajstić information content (AvgIpc) is 3.20. The van der Waals surface area contributed by atoms with Crippen LogP contribution >= 0.6 is 11.3 Å². The molecule has 1 aromatic heterocycles. The van der Waals surface area contributed by atoms with Gasteiger partial charge in [-0.2, -0.15) is 11.3 Å². The van der Waals surface area contributed by atoms with Gasteiger partial charge in [0.2, 0.25) is 0 Å². The number of rotatable bonds is 5. The molecule has 1 aliphatic heterocycles. The van der Waals surface area contributed by atoms with Crippen molar-refractivity contribution in [3.8, 4) is 5.75 Å². The van der Waals surface area contributed by atoms with Crippen LogP contribution in [-0.2, 0) is 4.74 Å². The summed E-state index contributed by atoms with van der Waals surface area (Å²) in [4.78, 5) is 12.1. The van der Waals surface area contributed by atoms with Crippen LogP contribution in [0.25, 0.3) is 0 Å². The molecule has 0 spiro atoms. The van der Waals surface area contributed by atoms with Gasteiger partial charge in [0.05, 0.1) is 17.4 Å². The van der Waals surface area contributed by atoms with Crippen molar-refractivity contribution >= 4 is 22.9 Å².